The standard InChI is InChI=1S/C18H20ClNO/c1-12-5-7-17-15(10-12)4-3-9-20(17)18-8-6-14(13(2)21)11-16(18)19/h5-8,10-11,13,21H,3-4,9H2,1-2H3. The van der Waals surface area contributed by atoms with Crippen molar-refractivity contribution < 1.29 is 5.11 Å². The molecule has 3 heteroatoms. The van der Waals surface area contributed by atoms with E-state index in [0.29, 0.717) is 5.02 Å². The highest BCUT2D eigenvalue weighted by molar-refractivity contribution is 6.33. The van der Waals surface area contributed by atoms with E-state index in [1.165, 1.54) is 16.8 Å². The molecule has 1 aliphatic rings. The number of hydrogen-bond donors (Lipinski definition) is 1. The molecule has 1 aliphatic heterocycles. The summed E-state index contributed by atoms with van der Waals surface area (Å²) in [5.41, 5.74) is 5.80. The first-order valence-electron chi connectivity index (χ1n) is 7.41. The molecule has 0 amide bonds. The first-order chi connectivity index (χ1) is 10.1. The minimum atomic E-state index is -0.493. The molecule has 0 fully saturated rings. The van der Waals surface area contributed by atoms with Gasteiger partial charge in [0.1, 0.15) is 0 Å². The maximum atomic E-state index is 9.67. The van der Waals surface area contributed by atoms with Gasteiger partial charge in [0, 0.05) is 12.2 Å². The van der Waals surface area contributed by atoms with Crippen molar-refractivity contribution in [1.29, 1.82) is 0 Å². The molecule has 0 saturated carbocycles. The Morgan fingerprint density at radius 2 is 1.90 bits per heavy atom. The van der Waals surface area contributed by atoms with Crippen LogP contribution >= 0.6 is 11.6 Å². The molecule has 110 valence electrons. The first kappa shape index (κ1) is 14.4. The summed E-state index contributed by atoms with van der Waals surface area (Å²) in [6.45, 7) is 4.86. The van der Waals surface area contributed by atoms with Crippen molar-refractivity contribution in [2.75, 3.05) is 11.4 Å². The fraction of sp³-hybridized carbons (Fsp3) is 0.333. The van der Waals surface area contributed by atoms with E-state index >= 15 is 0 Å². The lowest BCUT2D eigenvalue weighted by Gasteiger charge is -2.32. The van der Waals surface area contributed by atoms with Gasteiger partial charge in [0.2, 0.25) is 0 Å². The van der Waals surface area contributed by atoms with E-state index in [9.17, 15) is 5.11 Å². The predicted octanol–water partition coefficient (Wildman–Crippen LogP) is 4.79. The van der Waals surface area contributed by atoms with Gasteiger partial charge >= 0.3 is 0 Å². The van der Waals surface area contributed by atoms with E-state index in [4.69, 9.17) is 11.6 Å². The number of nitrogens with zero attached hydrogens (tertiary/aromatic N) is 1. The molecule has 0 bridgehead atoms. The predicted molar refractivity (Wildman–Crippen MR) is 88.6 cm³/mol. The lowest BCUT2D eigenvalue weighted by Crippen LogP contribution is -2.24. The summed E-state index contributed by atoms with van der Waals surface area (Å²) in [6.07, 6.45) is 1.76. The number of halogens is 1. The first-order valence-corrected chi connectivity index (χ1v) is 7.78. The molecule has 2 aromatic carbocycles. The number of fused-ring (bicyclic) bond motifs is 1. The van der Waals surface area contributed by atoms with Crippen LogP contribution in [0.25, 0.3) is 0 Å². The zero-order valence-corrected chi connectivity index (χ0v) is 13.2. The summed E-state index contributed by atoms with van der Waals surface area (Å²) in [5.74, 6) is 0. The van der Waals surface area contributed by atoms with E-state index in [1.54, 1.807) is 6.92 Å². The Hall–Kier alpha value is -1.51. The molecule has 2 nitrogen and oxygen atoms in total. The average molecular weight is 302 g/mol. The van der Waals surface area contributed by atoms with E-state index < -0.39 is 6.10 Å². The third kappa shape index (κ3) is 2.78. The van der Waals surface area contributed by atoms with Crippen LogP contribution < -0.4 is 4.90 Å². The monoisotopic (exact) mass is 301 g/mol. The average Bonchev–Trinajstić information content (AvgIpc) is 2.46. The Morgan fingerprint density at radius 1 is 1.14 bits per heavy atom. The Kier molecular flexibility index (Phi) is 3.92. The van der Waals surface area contributed by atoms with Crippen LogP contribution in [0.2, 0.25) is 5.02 Å². The fourth-order valence-electron chi connectivity index (χ4n) is 2.98. The van der Waals surface area contributed by atoms with Gasteiger partial charge in [0.05, 0.1) is 16.8 Å². The Morgan fingerprint density at radius 3 is 2.62 bits per heavy atom. The zero-order chi connectivity index (χ0) is 15.0. The summed E-state index contributed by atoms with van der Waals surface area (Å²) in [6, 6.07) is 12.4. The fourth-order valence-corrected chi connectivity index (χ4v) is 3.27. The van der Waals surface area contributed by atoms with Crippen molar-refractivity contribution in [3.05, 3.63) is 58.1 Å². The van der Waals surface area contributed by atoms with Crippen molar-refractivity contribution in [3.63, 3.8) is 0 Å². The van der Waals surface area contributed by atoms with E-state index in [1.807, 2.05) is 18.2 Å². The number of aliphatic hydroxyl groups is 1. The molecule has 21 heavy (non-hydrogen) atoms. The van der Waals surface area contributed by atoms with Gasteiger partial charge < -0.3 is 10.0 Å². The molecular formula is C18H20ClNO. The number of hydrogen-bond acceptors (Lipinski definition) is 2. The van der Waals surface area contributed by atoms with E-state index in [-0.39, 0.29) is 0 Å². The van der Waals surface area contributed by atoms with Crippen LogP contribution in [0.1, 0.15) is 36.1 Å². The van der Waals surface area contributed by atoms with Gasteiger partial charge in [-0.1, -0.05) is 35.4 Å². The Labute approximate surface area is 131 Å². The normalized spacial score (nSPS) is 15.7. The second-order valence-corrected chi connectivity index (χ2v) is 6.18. The minimum Gasteiger partial charge on any atom is -0.389 e. The van der Waals surface area contributed by atoms with Crippen LogP contribution in [0.15, 0.2) is 36.4 Å². The van der Waals surface area contributed by atoms with Crippen LogP contribution in [0, 0.1) is 6.92 Å². The maximum Gasteiger partial charge on any atom is 0.0762 e. The molecule has 3 rings (SSSR count). The van der Waals surface area contributed by atoms with Crippen LogP contribution in [0.4, 0.5) is 11.4 Å². The van der Waals surface area contributed by atoms with Gasteiger partial charge in [-0.2, -0.15) is 0 Å². The molecule has 1 N–H and O–H groups in total. The van der Waals surface area contributed by atoms with Gasteiger partial charge in [0.15, 0.2) is 0 Å². The molecule has 1 heterocycles. The topological polar surface area (TPSA) is 23.5 Å². The summed E-state index contributed by atoms with van der Waals surface area (Å²) in [7, 11) is 0. The summed E-state index contributed by atoms with van der Waals surface area (Å²) in [5, 5.41) is 10.4. The third-order valence-electron chi connectivity index (χ3n) is 4.10. The zero-order valence-electron chi connectivity index (χ0n) is 12.4. The highest BCUT2D eigenvalue weighted by Gasteiger charge is 2.20. The Balaban J connectivity index is 2.03. The lowest BCUT2D eigenvalue weighted by atomic mass is 9.98. The van der Waals surface area contributed by atoms with E-state index in [2.05, 4.69) is 30.0 Å². The number of anilines is 2. The molecule has 0 aromatic heterocycles. The van der Waals surface area contributed by atoms with E-state index in [0.717, 1.165) is 30.6 Å². The highest BCUT2D eigenvalue weighted by Crippen LogP contribution is 2.38. The van der Waals surface area contributed by atoms with Gasteiger partial charge in [-0.3, -0.25) is 0 Å². The van der Waals surface area contributed by atoms with Crippen molar-refractivity contribution in [1.82, 2.24) is 0 Å². The smallest absolute Gasteiger partial charge is 0.0762 e. The number of rotatable bonds is 2. The SMILES string of the molecule is Cc1ccc2c(c1)CCCN2c1ccc(C(C)O)cc1Cl. The molecule has 0 aliphatic carbocycles. The summed E-state index contributed by atoms with van der Waals surface area (Å²) >= 11 is 6.45. The van der Waals surface area contributed by atoms with Crippen LogP contribution in [-0.2, 0) is 6.42 Å². The molecule has 0 spiro atoms. The summed E-state index contributed by atoms with van der Waals surface area (Å²) in [4.78, 5) is 2.28. The van der Waals surface area contributed by atoms with Crippen molar-refractivity contribution in [3.8, 4) is 0 Å². The lowest BCUT2D eigenvalue weighted by molar-refractivity contribution is 0.199. The second-order valence-electron chi connectivity index (χ2n) is 5.77. The largest absolute Gasteiger partial charge is 0.389 e. The number of aryl methyl sites for hydroxylation is 2. The highest BCUT2D eigenvalue weighted by atomic mass is 35.5. The van der Waals surface area contributed by atoms with Gasteiger partial charge in [-0.15, -0.1) is 0 Å². The molecule has 0 saturated heterocycles. The van der Waals surface area contributed by atoms with Crippen molar-refractivity contribution in [2.24, 2.45) is 0 Å². The summed E-state index contributed by atoms with van der Waals surface area (Å²) < 4.78 is 0. The molecule has 0 radical (unpaired) electrons. The van der Waals surface area contributed by atoms with Crippen molar-refractivity contribution >= 4 is 23.0 Å². The van der Waals surface area contributed by atoms with Crippen molar-refractivity contribution in [2.45, 2.75) is 32.8 Å². The van der Waals surface area contributed by atoms with Gasteiger partial charge in [0.25, 0.3) is 0 Å². The molecule has 1 atom stereocenters. The minimum absolute atomic E-state index is 0.493. The molecule has 1 unspecified atom stereocenters. The maximum absolute atomic E-state index is 9.67. The van der Waals surface area contributed by atoms with Gasteiger partial charge in [-0.05, 0) is 56.0 Å². The quantitative estimate of drug-likeness (QED) is 0.862. The Bertz CT molecular complexity index is 666. The van der Waals surface area contributed by atoms with Gasteiger partial charge in [-0.25, -0.2) is 0 Å². The number of benzene rings is 2. The van der Waals surface area contributed by atoms with Crippen LogP contribution in [0.3, 0.4) is 0 Å². The van der Waals surface area contributed by atoms with Crippen LogP contribution in [-0.4, -0.2) is 11.7 Å². The molecular weight excluding hydrogens is 282 g/mol. The number of aliphatic hydroxyl groups excluding tert-OH is 1. The molecule has 2 aromatic rings. The third-order valence-corrected chi connectivity index (χ3v) is 4.40. The second kappa shape index (κ2) is 5.70. The van der Waals surface area contributed by atoms with Crippen LogP contribution in [0.5, 0.6) is 0 Å².